The Morgan fingerprint density at radius 2 is 1.88 bits per heavy atom. The third kappa shape index (κ3) is 6.70. The first kappa shape index (κ1) is 23.6. The van der Waals surface area contributed by atoms with Gasteiger partial charge in [0.05, 0.1) is 6.61 Å². The minimum Gasteiger partial charge on any atom is -0.367 e. The molecule has 1 heterocycles. The third-order valence-electron chi connectivity index (χ3n) is 5.08. The van der Waals surface area contributed by atoms with Gasteiger partial charge in [0.15, 0.2) is 0 Å². The number of aryl methyl sites for hydroxylation is 1. The normalized spacial score (nSPS) is 12.7. The van der Waals surface area contributed by atoms with E-state index in [1.54, 1.807) is 0 Å². The monoisotopic (exact) mass is 452 g/mol. The summed E-state index contributed by atoms with van der Waals surface area (Å²) in [6, 6.07) is 16.9. The Kier molecular flexibility index (Phi) is 8.47. The van der Waals surface area contributed by atoms with Crippen LogP contribution in [0.1, 0.15) is 31.4 Å². The highest BCUT2D eigenvalue weighted by Crippen LogP contribution is 2.27. The molecule has 2 amide bonds. The van der Waals surface area contributed by atoms with Crippen molar-refractivity contribution in [2.24, 2.45) is 5.92 Å². The zero-order valence-corrected chi connectivity index (χ0v) is 19.3. The van der Waals surface area contributed by atoms with Gasteiger partial charge in [0, 0.05) is 5.56 Å². The van der Waals surface area contributed by atoms with Crippen LogP contribution >= 0.6 is 11.3 Å². The smallest absolute Gasteiger partial charge is 0.249 e. The van der Waals surface area contributed by atoms with Gasteiger partial charge in [0.25, 0.3) is 0 Å². The van der Waals surface area contributed by atoms with Gasteiger partial charge in [-0.15, -0.1) is 10.2 Å². The molecule has 2 aromatic carbocycles. The molecule has 0 fully saturated rings. The van der Waals surface area contributed by atoms with E-state index >= 15 is 0 Å². The van der Waals surface area contributed by atoms with Gasteiger partial charge in [0.2, 0.25) is 16.9 Å². The Morgan fingerprint density at radius 1 is 1.09 bits per heavy atom. The average molecular weight is 453 g/mol. The summed E-state index contributed by atoms with van der Waals surface area (Å²) in [5, 5.41) is 15.0. The van der Waals surface area contributed by atoms with Gasteiger partial charge in [-0.1, -0.05) is 85.7 Å². The van der Waals surface area contributed by atoms with Crippen LogP contribution in [0.5, 0.6) is 0 Å². The van der Waals surface area contributed by atoms with Crippen molar-refractivity contribution >= 4 is 28.3 Å². The molecule has 0 saturated heterocycles. The molecule has 8 heteroatoms. The zero-order chi connectivity index (χ0) is 22.9. The average Bonchev–Trinajstić information content (AvgIpc) is 3.26. The van der Waals surface area contributed by atoms with Crippen LogP contribution in [0.3, 0.4) is 0 Å². The van der Waals surface area contributed by atoms with E-state index in [1.165, 1.54) is 11.3 Å². The molecule has 3 aromatic rings. The highest BCUT2D eigenvalue weighted by molar-refractivity contribution is 7.18. The number of nitrogens with zero attached hydrogens (tertiary/aromatic N) is 2. The van der Waals surface area contributed by atoms with E-state index in [0.717, 1.165) is 28.1 Å². The van der Waals surface area contributed by atoms with Crippen molar-refractivity contribution in [1.29, 1.82) is 0 Å². The molecule has 32 heavy (non-hydrogen) atoms. The summed E-state index contributed by atoms with van der Waals surface area (Å²) in [5.41, 5.74) is 3.06. The summed E-state index contributed by atoms with van der Waals surface area (Å²) < 4.78 is 5.49. The number of ether oxygens (including phenoxy) is 1. The number of amides is 2. The Morgan fingerprint density at radius 3 is 2.59 bits per heavy atom. The van der Waals surface area contributed by atoms with Gasteiger partial charge in [-0.25, -0.2) is 0 Å². The van der Waals surface area contributed by atoms with Crippen LogP contribution in [-0.4, -0.2) is 34.7 Å². The molecule has 3 rings (SSSR count). The number of hydrogen-bond acceptors (Lipinski definition) is 6. The van der Waals surface area contributed by atoms with E-state index in [2.05, 4.69) is 20.8 Å². The van der Waals surface area contributed by atoms with E-state index in [1.807, 2.05) is 75.4 Å². The van der Waals surface area contributed by atoms with Crippen LogP contribution in [0.4, 0.5) is 5.13 Å². The van der Waals surface area contributed by atoms with Crippen molar-refractivity contribution in [3.8, 4) is 10.6 Å². The first-order valence-corrected chi connectivity index (χ1v) is 11.4. The number of nitrogens with one attached hydrogen (secondary N) is 2. The number of carbonyl (C=O) groups is 2. The fourth-order valence-electron chi connectivity index (χ4n) is 3.10. The quantitative estimate of drug-likeness (QED) is 0.481. The molecular weight excluding hydrogens is 424 g/mol. The summed E-state index contributed by atoms with van der Waals surface area (Å²) in [6.07, 6.45) is 0.730. The highest BCUT2D eigenvalue weighted by Gasteiger charge is 2.27. The van der Waals surface area contributed by atoms with Crippen molar-refractivity contribution in [2.45, 2.75) is 39.8 Å². The van der Waals surface area contributed by atoms with Crippen LogP contribution in [0.25, 0.3) is 10.6 Å². The second-order valence-electron chi connectivity index (χ2n) is 7.68. The minimum atomic E-state index is -0.695. The largest absolute Gasteiger partial charge is 0.367 e. The van der Waals surface area contributed by atoms with Crippen LogP contribution in [-0.2, 0) is 20.9 Å². The molecule has 7 nitrogen and oxygen atoms in total. The zero-order valence-electron chi connectivity index (χ0n) is 18.5. The van der Waals surface area contributed by atoms with Crippen molar-refractivity contribution in [2.75, 3.05) is 11.9 Å². The lowest BCUT2D eigenvalue weighted by molar-refractivity contribution is -0.131. The number of benzene rings is 2. The predicted octanol–water partition coefficient (Wildman–Crippen LogP) is 4.20. The minimum absolute atomic E-state index is 0.0581. The SMILES string of the molecule is CCC(C)C(NC(=O)COCc1ccccc1)C(=O)Nc1nnc(-c2cccc(C)c2)s1. The molecular formula is C24H28N4O3S. The number of hydrogen-bond donors (Lipinski definition) is 2. The molecule has 0 aliphatic carbocycles. The standard InChI is InChI=1S/C24H28N4O3S/c1-4-17(3)21(25-20(29)15-31-14-18-10-6-5-7-11-18)22(30)26-24-28-27-23(32-24)19-12-8-9-16(2)13-19/h5-13,17,21H,4,14-15H2,1-3H3,(H,25,29)(H,26,28,30). The lowest BCUT2D eigenvalue weighted by Crippen LogP contribution is -2.48. The number of anilines is 1. The van der Waals surface area contributed by atoms with Crippen molar-refractivity contribution in [3.63, 3.8) is 0 Å². The number of carbonyl (C=O) groups excluding carboxylic acids is 2. The Hall–Kier alpha value is -3.10. The third-order valence-corrected chi connectivity index (χ3v) is 5.96. The molecule has 1 aromatic heterocycles. The van der Waals surface area contributed by atoms with Gasteiger partial charge in [-0.05, 0) is 24.5 Å². The van der Waals surface area contributed by atoms with Crippen LogP contribution in [0, 0.1) is 12.8 Å². The number of rotatable bonds is 10. The lowest BCUT2D eigenvalue weighted by Gasteiger charge is -2.22. The van der Waals surface area contributed by atoms with Gasteiger partial charge in [0.1, 0.15) is 17.7 Å². The Bertz CT molecular complexity index is 1040. The fourth-order valence-corrected chi connectivity index (χ4v) is 3.85. The van der Waals surface area contributed by atoms with Crippen LogP contribution in [0.15, 0.2) is 54.6 Å². The molecule has 0 aliphatic heterocycles. The maximum Gasteiger partial charge on any atom is 0.249 e. The first-order valence-electron chi connectivity index (χ1n) is 10.6. The second-order valence-corrected chi connectivity index (χ2v) is 8.66. The van der Waals surface area contributed by atoms with Crippen molar-refractivity contribution in [3.05, 3.63) is 65.7 Å². The van der Waals surface area contributed by atoms with Crippen LogP contribution in [0.2, 0.25) is 0 Å². The molecule has 0 spiro atoms. The lowest BCUT2D eigenvalue weighted by atomic mass is 9.98. The molecule has 168 valence electrons. The second kappa shape index (κ2) is 11.5. The molecule has 2 unspecified atom stereocenters. The molecule has 0 aliphatic rings. The summed E-state index contributed by atoms with van der Waals surface area (Å²) in [5.74, 6) is -0.709. The van der Waals surface area contributed by atoms with Gasteiger partial charge in [-0.3, -0.25) is 14.9 Å². The Balaban J connectivity index is 1.58. The summed E-state index contributed by atoms with van der Waals surface area (Å²) in [4.78, 5) is 25.3. The van der Waals surface area contributed by atoms with Gasteiger partial charge >= 0.3 is 0 Å². The molecule has 0 bridgehead atoms. The fraction of sp³-hybridized carbons (Fsp3) is 0.333. The Labute approximate surface area is 192 Å². The summed E-state index contributed by atoms with van der Waals surface area (Å²) in [6.45, 7) is 6.13. The van der Waals surface area contributed by atoms with Crippen molar-refractivity contribution < 1.29 is 14.3 Å². The van der Waals surface area contributed by atoms with E-state index in [0.29, 0.717) is 11.7 Å². The molecule has 2 N–H and O–H groups in total. The predicted molar refractivity (Wildman–Crippen MR) is 126 cm³/mol. The topological polar surface area (TPSA) is 93.2 Å². The summed E-state index contributed by atoms with van der Waals surface area (Å²) >= 11 is 1.30. The van der Waals surface area contributed by atoms with Crippen LogP contribution < -0.4 is 10.6 Å². The highest BCUT2D eigenvalue weighted by atomic mass is 32.1. The van der Waals surface area contributed by atoms with E-state index in [-0.39, 0.29) is 24.3 Å². The van der Waals surface area contributed by atoms with E-state index < -0.39 is 6.04 Å². The van der Waals surface area contributed by atoms with Gasteiger partial charge in [-0.2, -0.15) is 0 Å². The van der Waals surface area contributed by atoms with Gasteiger partial charge < -0.3 is 10.1 Å². The first-order chi connectivity index (χ1) is 15.5. The maximum atomic E-state index is 12.9. The van der Waals surface area contributed by atoms with E-state index in [9.17, 15) is 9.59 Å². The maximum absolute atomic E-state index is 12.9. The van der Waals surface area contributed by atoms with E-state index in [4.69, 9.17) is 4.74 Å². The van der Waals surface area contributed by atoms with Crippen molar-refractivity contribution in [1.82, 2.24) is 15.5 Å². The molecule has 0 saturated carbocycles. The number of aromatic nitrogens is 2. The summed E-state index contributed by atoms with van der Waals surface area (Å²) in [7, 11) is 0. The molecule has 0 radical (unpaired) electrons. The molecule has 2 atom stereocenters.